The lowest BCUT2D eigenvalue weighted by Crippen LogP contribution is -2.17. The predicted octanol–water partition coefficient (Wildman–Crippen LogP) is 4.79. The number of carbonyl (C=O) groups excluding carboxylic acids is 1. The highest BCUT2D eigenvalue weighted by molar-refractivity contribution is 9.10. The van der Waals surface area contributed by atoms with Crippen LogP contribution < -0.4 is 14.9 Å². The molecule has 0 aromatic heterocycles. The lowest BCUT2D eigenvalue weighted by Gasteiger charge is -2.11. The zero-order chi connectivity index (χ0) is 18.9. The third kappa shape index (κ3) is 6.19. The van der Waals surface area contributed by atoms with E-state index in [0.717, 1.165) is 28.0 Å². The minimum absolute atomic E-state index is 0.101. The van der Waals surface area contributed by atoms with Gasteiger partial charge < -0.3 is 9.47 Å². The summed E-state index contributed by atoms with van der Waals surface area (Å²) in [6.07, 6.45) is 2.63. The van der Waals surface area contributed by atoms with Crippen molar-refractivity contribution in [1.29, 1.82) is 0 Å². The molecule has 0 unspecified atom stereocenters. The summed E-state index contributed by atoms with van der Waals surface area (Å²) in [5.74, 6) is 1.24. The Hall–Kier alpha value is -2.34. The number of benzene rings is 2. The lowest BCUT2D eigenvalue weighted by molar-refractivity contribution is 0.0955. The molecule has 0 bridgehead atoms. The van der Waals surface area contributed by atoms with Crippen LogP contribution in [0.5, 0.6) is 11.5 Å². The van der Waals surface area contributed by atoms with E-state index < -0.39 is 0 Å². The van der Waals surface area contributed by atoms with Gasteiger partial charge in [-0.2, -0.15) is 5.10 Å². The standard InChI is InChI=1S/C20H23BrN2O3/c1-4-11-25-17-8-6-16(7-9-17)20(24)23-22-13-15-5-10-19(18(21)12-15)26-14(2)3/h5-10,12-14H,4,11H2,1-3H3,(H,23,24)/b22-13-. The van der Waals surface area contributed by atoms with E-state index >= 15 is 0 Å². The molecule has 0 saturated carbocycles. The van der Waals surface area contributed by atoms with Crippen molar-refractivity contribution in [3.05, 3.63) is 58.1 Å². The van der Waals surface area contributed by atoms with Crippen molar-refractivity contribution >= 4 is 28.1 Å². The molecule has 138 valence electrons. The first-order chi connectivity index (χ1) is 12.5. The molecule has 5 nitrogen and oxygen atoms in total. The molecular weight excluding hydrogens is 396 g/mol. The van der Waals surface area contributed by atoms with Crippen LogP contribution in [0.2, 0.25) is 0 Å². The Labute approximate surface area is 162 Å². The fourth-order valence-electron chi connectivity index (χ4n) is 2.10. The molecule has 0 aliphatic carbocycles. The highest BCUT2D eigenvalue weighted by Gasteiger charge is 2.06. The zero-order valence-electron chi connectivity index (χ0n) is 15.2. The molecular formula is C20H23BrN2O3. The van der Waals surface area contributed by atoms with Crippen LogP contribution in [0.3, 0.4) is 0 Å². The zero-order valence-corrected chi connectivity index (χ0v) is 16.7. The second-order valence-corrected chi connectivity index (χ2v) is 6.78. The van der Waals surface area contributed by atoms with Crippen molar-refractivity contribution in [3.8, 4) is 11.5 Å². The van der Waals surface area contributed by atoms with Gasteiger partial charge in [0, 0.05) is 5.56 Å². The average molecular weight is 419 g/mol. The van der Waals surface area contributed by atoms with Gasteiger partial charge in [0.2, 0.25) is 0 Å². The smallest absolute Gasteiger partial charge is 0.271 e. The van der Waals surface area contributed by atoms with E-state index in [1.54, 1.807) is 30.5 Å². The van der Waals surface area contributed by atoms with Crippen molar-refractivity contribution in [2.24, 2.45) is 5.10 Å². The van der Waals surface area contributed by atoms with Crippen LogP contribution in [0.25, 0.3) is 0 Å². The summed E-state index contributed by atoms with van der Waals surface area (Å²) in [6.45, 7) is 6.65. The van der Waals surface area contributed by atoms with E-state index in [9.17, 15) is 4.79 Å². The van der Waals surface area contributed by atoms with Crippen LogP contribution in [-0.4, -0.2) is 24.8 Å². The van der Waals surface area contributed by atoms with Crippen molar-refractivity contribution in [1.82, 2.24) is 5.43 Å². The number of rotatable bonds is 8. The topological polar surface area (TPSA) is 59.9 Å². The molecule has 0 aliphatic rings. The van der Waals surface area contributed by atoms with E-state index in [1.807, 2.05) is 39.0 Å². The molecule has 26 heavy (non-hydrogen) atoms. The van der Waals surface area contributed by atoms with Crippen molar-refractivity contribution in [2.75, 3.05) is 6.61 Å². The highest BCUT2D eigenvalue weighted by Crippen LogP contribution is 2.26. The quantitative estimate of drug-likeness (QED) is 0.495. The Kier molecular flexibility index (Phi) is 7.66. The second kappa shape index (κ2) is 9.97. The molecule has 0 aliphatic heterocycles. The van der Waals surface area contributed by atoms with Gasteiger partial charge >= 0.3 is 0 Å². The van der Waals surface area contributed by atoms with E-state index in [2.05, 4.69) is 26.5 Å². The Morgan fingerprint density at radius 3 is 2.58 bits per heavy atom. The van der Waals surface area contributed by atoms with Gasteiger partial charge in [0.1, 0.15) is 11.5 Å². The molecule has 0 heterocycles. The number of amides is 1. The van der Waals surface area contributed by atoms with E-state index in [0.29, 0.717) is 12.2 Å². The number of hydrazone groups is 1. The number of nitrogens with zero attached hydrogens (tertiary/aromatic N) is 1. The van der Waals surface area contributed by atoms with Gasteiger partial charge in [-0.25, -0.2) is 5.43 Å². The summed E-state index contributed by atoms with van der Waals surface area (Å²) in [5, 5.41) is 4.00. The number of hydrogen-bond donors (Lipinski definition) is 1. The van der Waals surface area contributed by atoms with E-state index in [1.165, 1.54) is 0 Å². The predicted molar refractivity (Wildman–Crippen MR) is 107 cm³/mol. The molecule has 1 amide bonds. The van der Waals surface area contributed by atoms with Crippen LogP contribution >= 0.6 is 15.9 Å². The van der Waals surface area contributed by atoms with Gasteiger partial charge in [-0.1, -0.05) is 6.92 Å². The van der Waals surface area contributed by atoms with Crippen molar-refractivity contribution in [2.45, 2.75) is 33.3 Å². The summed E-state index contributed by atoms with van der Waals surface area (Å²) in [4.78, 5) is 12.1. The Morgan fingerprint density at radius 2 is 1.96 bits per heavy atom. The van der Waals surface area contributed by atoms with Crippen LogP contribution in [0.15, 0.2) is 52.0 Å². The first-order valence-corrected chi connectivity index (χ1v) is 9.31. The summed E-state index contributed by atoms with van der Waals surface area (Å²) < 4.78 is 12.0. The van der Waals surface area contributed by atoms with Crippen LogP contribution in [0.1, 0.15) is 43.1 Å². The van der Waals surface area contributed by atoms with Crippen LogP contribution in [0, 0.1) is 0 Å². The summed E-state index contributed by atoms with van der Waals surface area (Å²) in [6, 6.07) is 12.6. The fourth-order valence-corrected chi connectivity index (χ4v) is 2.59. The SMILES string of the molecule is CCCOc1ccc(C(=O)N/N=C\c2ccc(OC(C)C)c(Br)c2)cc1. The second-order valence-electron chi connectivity index (χ2n) is 5.93. The van der Waals surface area contributed by atoms with Gasteiger partial charge in [0.05, 0.1) is 23.4 Å². The van der Waals surface area contributed by atoms with Crippen LogP contribution in [0.4, 0.5) is 0 Å². The maximum atomic E-state index is 12.1. The molecule has 0 radical (unpaired) electrons. The summed E-state index contributed by atoms with van der Waals surface area (Å²) in [5.41, 5.74) is 3.88. The van der Waals surface area contributed by atoms with Crippen LogP contribution in [-0.2, 0) is 0 Å². The van der Waals surface area contributed by atoms with E-state index in [-0.39, 0.29) is 12.0 Å². The maximum absolute atomic E-state index is 12.1. The number of hydrogen-bond acceptors (Lipinski definition) is 4. The van der Waals surface area contributed by atoms with Gasteiger partial charge in [-0.3, -0.25) is 4.79 Å². The number of ether oxygens (including phenoxy) is 2. The normalized spacial score (nSPS) is 11.0. The number of nitrogens with one attached hydrogen (secondary N) is 1. The molecule has 2 rings (SSSR count). The monoisotopic (exact) mass is 418 g/mol. The third-order valence-corrected chi connectivity index (χ3v) is 3.91. The van der Waals surface area contributed by atoms with Crippen molar-refractivity contribution < 1.29 is 14.3 Å². The van der Waals surface area contributed by atoms with Gasteiger partial charge in [0.15, 0.2) is 0 Å². The molecule has 1 N–H and O–H groups in total. The molecule has 0 atom stereocenters. The molecule has 2 aromatic carbocycles. The third-order valence-electron chi connectivity index (χ3n) is 3.29. The Morgan fingerprint density at radius 1 is 1.23 bits per heavy atom. The molecule has 2 aromatic rings. The molecule has 0 fully saturated rings. The molecule has 0 spiro atoms. The lowest BCUT2D eigenvalue weighted by atomic mass is 10.2. The van der Waals surface area contributed by atoms with Gasteiger partial charge in [0.25, 0.3) is 5.91 Å². The minimum Gasteiger partial charge on any atom is -0.494 e. The molecule has 0 saturated heterocycles. The highest BCUT2D eigenvalue weighted by atomic mass is 79.9. The van der Waals surface area contributed by atoms with E-state index in [4.69, 9.17) is 9.47 Å². The average Bonchev–Trinajstić information content (AvgIpc) is 2.62. The summed E-state index contributed by atoms with van der Waals surface area (Å²) in [7, 11) is 0. The fraction of sp³-hybridized carbons (Fsp3) is 0.300. The van der Waals surface area contributed by atoms with Gasteiger partial charge in [-0.15, -0.1) is 0 Å². The Balaban J connectivity index is 1.93. The largest absolute Gasteiger partial charge is 0.494 e. The maximum Gasteiger partial charge on any atom is 0.271 e. The number of halogens is 1. The van der Waals surface area contributed by atoms with Gasteiger partial charge in [-0.05, 0) is 84.2 Å². The minimum atomic E-state index is -0.276. The summed E-state index contributed by atoms with van der Waals surface area (Å²) >= 11 is 3.47. The molecule has 6 heteroatoms. The first-order valence-electron chi connectivity index (χ1n) is 8.52. The first kappa shape index (κ1) is 20.0. The number of carbonyl (C=O) groups is 1. The Bertz CT molecular complexity index is 758. The van der Waals surface area contributed by atoms with Crippen molar-refractivity contribution in [3.63, 3.8) is 0 Å².